The maximum atomic E-state index is 12.9. The highest BCUT2D eigenvalue weighted by molar-refractivity contribution is 5.19. The molecule has 1 aromatic rings. The maximum Gasteiger partial charge on any atom is 0.123 e. The van der Waals surface area contributed by atoms with E-state index < -0.39 is 0 Å². The first-order valence-corrected chi connectivity index (χ1v) is 7.65. The molecule has 0 bridgehead atoms. The lowest BCUT2D eigenvalue weighted by Crippen LogP contribution is -2.41. The van der Waals surface area contributed by atoms with Crippen LogP contribution in [0.15, 0.2) is 24.3 Å². The molecule has 2 N–H and O–H groups in total. The normalized spacial score (nSPS) is 28.1. The molecule has 1 fully saturated rings. The molecule has 0 radical (unpaired) electrons. The van der Waals surface area contributed by atoms with Crippen LogP contribution in [0.2, 0.25) is 0 Å². The Balaban J connectivity index is 1.96. The van der Waals surface area contributed by atoms with Gasteiger partial charge < -0.3 is 5.73 Å². The van der Waals surface area contributed by atoms with Crippen LogP contribution in [0.25, 0.3) is 0 Å². The number of halogens is 1. The molecule has 2 unspecified atom stereocenters. The van der Waals surface area contributed by atoms with E-state index in [2.05, 4.69) is 6.92 Å². The summed E-state index contributed by atoms with van der Waals surface area (Å²) in [7, 11) is 0. The van der Waals surface area contributed by atoms with Gasteiger partial charge in [0, 0.05) is 5.54 Å². The lowest BCUT2D eigenvalue weighted by molar-refractivity contribution is 0.355. The van der Waals surface area contributed by atoms with Crippen molar-refractivity contribution in [2.45, 2.75) is 63.8 Å². The van der Waals surface area contributed by atoms with Crippen LogP contribution in [0.1, 0.15) is 57.4 Å². The third kappa shape index (κ3) is 4.31. The predicted octanol–water partition coefficient (Wildman–Crippen LogP) is 4.45. The van der Waals surface area contributed by atoms with E-state index in [0.717, 1.165) is 30.7 Å². The Morgan fingerprint density at radius 2 is 1.95 bits per heavy atom. The quantitative estimate of drug-likeness (QED) is 0.798. The van der Waals surface area contributed by atoms with Crippen LogP contribution in [0.5, 0.6) is 0 Å². The second-order valence-electron chi connectivity index (χ2n) is 6.25. The van der Waals surface area contributed by atoms with Crippen LogP contribution < -0.4 is 5.73 Å². The van der Waals surface area contributed by atoms with E-state index in [1.807, 2.05) is 12.1 Å². The average Bonchev–Trinajstić information content (AvgIpc) is 2.56. The Morgan fingerprint density at radius 3 is 2.63 bits per heavy atom. The van der Waals surface area contributed by atoms with Gasteiger partial charge in [0.1, 0.15) is 5.82 Å². The minimum atomic E-state index is -0.168. The topological polar surface area (TPSA) is 26.0 Å². The number of hydrogen-bond donors (Lipinski definition) is 1. The molecule has 1 aromatic carbocycles. The zero-order valence-corrected chi connectivity index (χ0v) is 12.0. The van der Waals surface area contributed by atoms with Crippen molar-refractivity contribution >= 4 is 0 Å². The largest absolute Gasteiger partial charge is 0.325 e. The van der Waals surface area contributed by atoms with Crippen LogP contribution in [-0.2, 0) is 6.42 Å². The van der Waals surface area contributed by atoms with Gasteiger partial charge in [-0.2, -0.15) is 0 Å². The summed E-state index contributed by atoms with van der Waals surface area (Å²) in [5.41, 5.74) is 7.68. The van der Waals surface area contributed by atoms with Crippen molar-refractivity contribution in [2.75, 3.05) is 0 Å². The Bertz CT molecular complexity index is 387. The molecule has 106 valence electrons. The van der Waals surface area contributed by atoms with Crippen molar-refractivity contribution in [3.63, 3.8) is 0 Å². The highest BCUT2D eigenvalue weighted by atomic mass is 19.1. The number of hydrogen-bond acceptors (Lipinski definition) is 1. The van der Waals surface area contributed by atoms with Gasteiger partial charge in [-0.05, 0) is 49.3 Å². The lowest BCUT2D eigenvalue weighted by atomic mass is 9.84. The molecule has 1 aliphatic carbocycles. The van der Waals surface area contributed by atoms with E-state index in [9.17, 15) is 4.39 Å². The first kappa shape index (κ1) is 14.5. The van der Waals surface area contributed by atoms with Gasteiger partial charge in [-0.1, -0.05) is 44.7 Å². The van der Waals surface area contributed by atoms with Crippen LogP contribution in [0.4, 0.5) is 4.39 Å². The minimum absolute atomic E-state index is 0.0830. The monoisotopic (exact) mass is 263 g/mol. The predicted molar refractivity (Wildman–Crippen MR) is 78.5 cm³/mol. The molecule has 0 aliphatic heterocycles. The van der Waals surface area contributed by atoms with Crippen molar-refractivity contribution in [3.05, 3.63) is 35.6 Å². The molecule has 2 rings (SSSR count). The van der Waals surface area contributed by atoms with Crippen molar-refractivity contribution < 1.29 is 4.39 Å². The average molecular weight is 263 g/mol. The molecule has 0 saturated heterocycles. The molecule has 0 heterocycles. The smallest absolute Gasteiger partial charge is 0.123 e. The molecule has 0 amide bonds. The Kier molecular flexibility index (Phi) is 4.98. The Morgan fingerprint density at radius 1 is 1.21 bits per heavy atom. The SMILES string of the molecule is CCCC1CCCC(N)(Cc2ccc(F)cc2)CC1. The fourth-order valence-corrected chi connectivity index (χ4v) is 3.39. The fourth-order valence-electron chi connectivity index (χ4n) is 3.39. The molecule has 0 aromatic heterocycles. The van der Waals surface area contributed by atoms with Crippen molar-refractivity contribution in [1.29, 1.82) is 0 Å². The second kappa shape index (κ2) is 6.51. The van der Waals surface area contributed by atoms with Gasteiger partial charge in [0.2, 0.25) is 0 Å². The molecule has 2 heteroatoms. The van der Waals surface area contributed by atoms with Gasteiger partial charge in [0.05, 0.1) is 0 Å². The summed E-state index contributed by atoms with van der Waals surface area (Å²) < 4.78 is 12.9. The highest BCUT2D eigenvalue weighted by Gasteiger charge is 2.29. The van der Waals surface area contributed by atoms with Gasteiger partial charge in [0.15, 0.2) is 0 Å². The molecule has 0 spiro atoms. The van der Waals surface area contributed by atoms with E-state index in [-0.39, 0.29) is 11.4 Å². The number of benzene rings is 1. The molecule has 19 heavy (non-hydrogen) atoms. The van der Waals surface area contributed by atoms with Gasteiger partial charge in [-0.15, -0.1) is 0 Å². The first-order valence-electron chi connectivity index (χ1n) is 7.65. The van der Waals surface area contributed by atoms with Crippen molar-refractivity contribution in [1.82, 2.24) is 0 Å². The van der Waals surface area contributed by atoms with E-state index in [1.54, 1.807) is 0 Å². The van der Waals surface area contributed by atoms with E-state index in [1.165, 1.54) is 44.2 Å². The van der Waals surface area contributed by atoms with Gasteiger partial charge >= 0.3 is 0 Å². The second-order valence-corrected chi connectivity index (χ2v) is 6.25. The minimum Gasteiger partial charge on any atom is -0.325 e. The van der Waals surface area contributed by atoms with E-state index in [0.29, 0.717) is 0 Å². The zero-order valence-electron chi connectivity index (χ0n) is 12.0. The fraction of sp³-hybridized carbons (Fsp3) is 0.647. The first-order chi connectivity index (χ1) is 9.11. The summed E-state index contributed by atoms with van der Waals surface area (Å²) in [5.74, 6) is 0.697. The third-order valence-electron chi connectivity index (χ3n) is 4.50. The molecular weight excluding hydrogens is 237 g/mol. The van der Waals surface area contributed by atoms with Crippen LogP contribution in [0.3, 0.4) is 0 Å². The molecule has 1 nitrogen and oxygen atoms in total. The lowest BCUT2D eigenvalue weighted by Gasteiger charge is -2.28. The van der Waals surface area contributed by atoms with E-state index >= 15 is 0 Å². The van der Waals surface area contributed by atoms with Gasteiger partial charge in [0.25, 0.3) is 0 Å². The Labute approximate surface area is 116 Å². The summed E-state index contributed by atoms with van der Waals surface area (Å²) in [6, 6.07) is 6.82. The molecular formula is C17H26FN. The van der Waals surface area contributed by atoms with E-state index in [4.69, 9.17) is 5.73 Å². The molecule has 1 aliphatic rings. The zero-order chi connectivity index (χ0) is 13.7. The molecule has 1 saturated carbocycles. The summed E-state index contributed by atoms with van der Waals surface area (Å²) in [6.07, 6.45) is 9.53. The summed E-state index contributed by atoms with van der Waals surface area (Å²) in [5, 5.41) is 0. The van der Waals surface area contributed by atoms with Gasteiger partial charge in [-0.3, -0.25) is 0 Å². The number of rotatable bonds is 4. The summed E-state index contributed by atoms with van der Waals surface area (Å²) >= 11 is 0. The maximum absolute atomic E-state index is 12.9. The van der Waals surface area contributed by atoms with Crippen LogP contribution in [0, 0.1) is 11.7 Å². The summed E-state index contributed by atoms with van der Waals surface area (Å²) in [6.45, 7) is 2.26. The number of nitrogens with two attached hydrogens (primary N) is 1. The highest BCUT2D eigenvalue weighted by Crippen LogP contribution is 2.33. The molecule has 2 atom stereocenters. The standard InChI is InChI=1S/C17H26FN/c1-2-4-14-5-3-11-17(19,12-10-14)13-15-6-8-16(18)9-7-15/h6-9,14H,2-5,10-13,19H2,1H3. The van der Waals surface area contributed by atoms with Gasteiger partial charge in [-0.25, -0.2) is 4.39 Å². The van der Waals surface area contributed by atoms with Crippen LogP contribution in [-0.4, -0.2) is 5.54 Å². The summed E-state index contributed by atoms with van der Waals surface area (Å²) in [4.78, 5) is 0. The third-order valence-corrected chi connectivity index (χ3v) is 4.50. The van der Waals surface area contributed by atoms with Crippen molar-refractivity contribution in [3.8, 4) is 0 Å². The Hall–Kier alpha value is -0.890. The van der Waals surface area contributed by atoms with Crippen LogP contribution >= 0.6 is 0 Å². The van der Waals surface area contributed by atoms with Crippen molar-refractivity contribution in [2.24, 2.45) is 11.7 Å².